The normalized spacial score (nSPS) is 14.8. The van der Waals surface area contributed by atoms with Crippen LogP contribution < -0.4 is 4.74 Å². The molecule has 0 radical (unpaired) electrons. The minimum atomic E-state index is -4.75. The maximum Gasteiger partial charge on any atom is 0.448 e. The molecule has 174 valence electrons. The molecule has 1 aliphatic heterocycles. The fourth-order valence-electron chi connectivity index (χ4n) is 3.54. The highest BCUT2D eigenvalue weighted by Gasteiger charge is 2.35. The summed E-state index contributed by atoms with van der Waals surface area (Å²) in [5.41, 5.74) is 3.18. The monoisotopic (exact) mass is 488 g/mol. The van der Waals surface area contributed by atoms with Crippen LogP contribution in [0.2, 0.25) is 0 Å². The maximum atomic E-state index is 11.6. The predicted octanol–water partition coefficient (Wildman–Crippen LogP) is 4.04. The molecule has 2 heterocycles. The van der Waals surface area contributed by atoms with Crippen LogP contribution in [0.25, 0.3) is 21.0 Å². The number of carbonyl (C=O) groups is 1. The molecule has 2 aromatic carbocycles. The third-order valence-electron chi connectivity index (χ3n) is 5.10. The highest BCUT2D eigenvalue weighted by Crippen LogP contribution is 2.33. The number of benzene rings is 2. The van der Waals surface area contributed by atoms with Crippen LogP contribution in [0.4, 0.5) is 0 Å². The van der Waals surface area contributed by atoms with Gasteiger partial charge in [-0.25, -0.2) is 4.98 Å². The van der Waals surface area contributed by atoms with Gasteiger partial charge in [0.2, 0.25) is 0 Å². The molecule has 1 aromatic heterocycles. The van der Waals surface area contributed by atoms with Crippen molar-refractivity contribution in [3.63, 3.8) is 0 Å². The number of likely N-dealkylation sites (tertiary alicyclic amines) is 1. The van der Waals surface area contributed by atoms with Gasteiger partial charge in [-0.1, -0.05) is 24.3 Å². The lowest BCUT2D eigenvalue weighted by Gasteiger charge is -2.37. The lowest BCUT2D eigenvalue weighted by atomic mass is 9.99. The molecule has 3 aromatic rings. The van der Waals surface area contributed by atoms with Gasteiger partial charge in [0.1, 0.15) is 10.8 Å². The van der Waals surface area contributed by atoms with Gasteiger partial charge in [0.25, 0.3) is 0 Å². The molecule has 0 spiro atoms. The lowest BCUT2D eigenvalue weighted by molar-refractivity contribution is -0.144. The highest BCUT2D eigenvalue weighted by molar-refractivity contribution is 7.81. The van der Waals surface area contributed by atoms with Crippen molar-refractivity contribution in [2.24, 2.45) is 5.92 Å². The first-order chi connectivity index (χ1) is 15.7. The number of nitrogens with zero attached hydrogens (tertiary/aromatic N) is 2. The molecule has 0 atom stereocenters. The van der Waals surface area contributed by atoms with Crippen LogP contribution in [0.1, 0.15) is 19.4 Å². The molecule has 0 aliphatic carbocycles. The molecule has 0 amide bonds. The molecule has 33 heavy (non-hydrogen) atoms. The van der Waals surface area contributed by atoms with Crippen molar-refractivity contribution in [1.29, 1.82) is 0 Å². The van der Waals surface area contributed by atoms with Crippen molar-refractivity contribution in [2.75, 3.05) is 13.1 Å². The second-order valence-corrected chi connectivity index (χ2v) is 10.2. The van der Waals surface area contributed by atoms with Gasteiger partial charge >= 0.3 is 16.4 Å². The van der Waals surface area contributed by atoms with Crippen molar-refractivity contribution in [2.45, 2.75) is 26.5 Å². The summed E-state index contributed by atoms with van der Waals surface area (Å²) in [6.07, 6.45) is 2.01. The number of rotatable bonds is 8. The molecule has 0 bridgehead atoms. The Labute approximate surface area is 196 Å². The summed E-state index contributed by atoms with van der Waals surface area (Å²) in [6.45, 7) is 5.39. The quantitative estimate of drug-likeness (QED) is 0.474. The standard InChI is InChI=1S/C23H24N2O6S2/c1-15(2)30-20-9-7-17(8-10-20)21-11-24-22(32-21)18-5-3-16(4-6-18)12-25-13-19(14-25)23(26)31-33(27,28)29/h3-11,15,19H,12-14H2,1-2H3,(H,27,28,29). The number of aromatic nitrogens is 1. The molecule has 0 saturated carbocycles. The van der Waals surface area contributed by atoms with Gasteiger partial charge in [0.15, 0.2) is 0 Å². The van der Waals surface area contributed by atoms with Gasteiger partial charge in [-0.3, -0.25) is 14.2 Å². The first-order valence-electron chi connectivity index (χ1n) is 10.4. The van der Waals surface area contributed by atoms with E-state index in [9.17, 15) is 13.2 Å². The lowest BCUT2D eigenvalue weighted by Crippen LogP contribution is -2.50. The van der Waals surface area contributed by atoms with E-state index in [2.05, 4.69) is 9.17 Å². The van der Waals surface area contributed by atoms with Crippen molar-refractivity contribution >= 4 is 27.7 Å². The molecule has 1 fully saturated rings. The Balaban J connectivity index is 1.33. The van der Waals surface area contributed by atoms with E-state index in [-0.39, 0.29) is 6.10 Å². The Morgan fingerprint density at radius 3 is 2.36 bits per heavy atom. The summed E-state index contributed by atoms with van der Waals surface area (Å²) in [6, 6.07) is 16.0. The Bertz CT molecular complexity index is 1210. The van der Waals surface area contributed by atoms with Gasteiger partial charge in [0, 0.05) is 31.4 Å². The molecule has 1 saturated heterocycles. The van der Waals surface area contributed by atoms with Crippen LogP contribution in [-0.2, 0) is 25.9 Å². The van der Waals surface area contributed by atoms with E-state index in [1.165, 1.54) is 0 Å². The van der Waals surface area contributed by atoms with E-state index < -0.39 is 22.3 Å². The van der Waals surface area contributed by atoms with Gasteiger partial charge in [0.05, 0.1) is 16.9 Å². The minimum absolute atomic E-state index is 0.137. The molecule has 1 aliphatic rings. The van der Waals surface area contributed by atoms with Gasteiger partial charge in [-0.05, 0) is 49.2 Å². The predicted molar refractivity (Wildman–Crippen MR) is 125 cm³/mol. The maximum absolute atomic E-state index is 11.6. The van der Waals surface area contributed by atoms with Crippen LogP contribution in [0.15, 0.2) is 54.7 Å². The van der Waals surface area contributed by atoms with Crippen molar-refractivity contribution < 1.29 is 26.7 Å². The number of hydrogen-bond donors (Lipinski definition) is 1. The van der Waals surface area contributed by atoms with Crippen molar-refractivity contribution in [1.82, 2.24) is 9.88 Å². The van der Waals surface area contributed by atoms with E-state index >= 15 is 0 Å². The summed E-state index contributed by atoms with van der Waals surface area (Å²) in [5.74, 6) is -0.630. The minimum Gasteiger partial charge on any atom is -0.491 e. The van der Waals surface area contributed by atoms with Crippen molar-refractivity contribution in [3.05, 3.63) is 60.3 Å². The third kappa shape index (κ3) is 6.17. The van der Waals surface area contributed by atoms with Crippen LogP contribution in [0, 0.1) is 5.92 Å². The van der Waals surface area contributed by atoms with E-state index in [1.54, 1.807) is 11.3 Å². The van der Waals surface area contributed by atoms with E-state index in [4.69, 9.17) is 9.29 Å². The first kappa shape index (κ1) is 23.4. The number of thiazole rings is 1. The second-order valence-electron chi connectivity index (χ2n) is 8.14. The molecule has 0 unspecified atom stereocenters. The van der Waals surface area contributed by atoms with Crippen LogP contribution in [0.5, 0.6) is 5.75 Å². The number of hydrogen-bond acceptors (Lipinski definition) is 8. The smallest absolute Gasteiger partial charge is 0.448 e. The van der Waals surface area contributed by atoms with Gasteiger partial charge in [-0.15, -0.1) is 11.3 Å². The summed E-state index contributed by atoms with van der Waals surface area (Å²) < 4.78 is 39.5. The molecule has 8 nitrogen and oxygen atoms in total. The Kier molecular flexibility index (Phi) is 6.80. The highest BCUT2D eigenvalue weighted by atomic mass is 32.3. The van der Waals surface area contributed by atoms with Gasteiger partial charge in [-0.2, -0.15) is 8.42 Å². The second kappa shape index (κ2) is 9.60. The van der Waals surface area contributed by atoms with E-state index in [0.29, 0.717) is 19.6 Å². The summed E-state index contributed by atoms with van der Waals surface area (Å²) in [5, 5.41) is 0.927. The number of carbonyl (C=O) groups excluding carboxylic acids is 1. The fourth-order valence-corrected chi connectivity index (χ4v) is 4.81. The van der Waals surface area contributed by atoms with Crippen LogP contribution in [0.3, 0.4) is 0 Å². The summed E-state index contributed by atoms with van der Waals surface area (Å²) >= 11 is 1.62. The summed E-state index contributed by atoms with van der Waals surface area (Å²) in [4.78, 5) is 19.2. The molecule has 1 N–H and O–H groups in total. The Morgan fingerprint density at radius 2 is 1.76 bits per heavy atom. The Morgan fingerprint density at radius 1 is 1.12 bits per heavy atom. The molecule has 4 rings (SSSR count). The number of ether oxygens (including phenoxy) is 1. The third-order valence-corrected chi connectivity index (χ3v) is 6.57. The SMILES string of the molecule is CC(C)Oc1ccc(-c2cnc(-c3ccc(CN4CC(C(=O)OS(=O)(=O)O)C4)cc3)s2)cc1. The average Bonchev–Trinajstić information content (AvgIpc) is 3.20. The van der Waals surface area contributed by atoms with Gasteiger partial charge < -0.3 is 8.92 Å². The Hall–Kier alpha value is -2.79. The van der Waals surface area contributed by atoms with E-state index in [0.717, 1.165) is 32.3 Å². The van der Waals surface area contributed by atoms with Crippen LogP contribution in [-0.4, -0.2) is 48.0 Å². The van der Waals surface area contributed by atoms with E-state index in [1.807, 2.05) is 73.5 Å². The molecular weight excluding hydrogens is 464 g/mol. The topological polar surface area (TPSA) is 106 Å². The first-order valence-corrected chi connectivity index (χ1v) is 12.6. The molecular formula is C23H24N2O6S2. The van der Waals surface area contributed by atoms with Crippen molar-refractivity contribution in [3.8, 4) is 26.8 Å². The average molecular weight is 489 g/mol. The fraction of sp³-hybridized carbons (Fsp3) is 0.304. The zero-order valence-corrected chi connectivity index (χ0v) is 19.8. The zero-order chi connectivity index (χ0) is 23.6. The molecule has 10 heteroatoms. The summed E-state index contributed by atoms with van der Waals surface area (Å²) in [7, 11) is -4.75. The largest absolute Gasteiger partial charge is 0.491 e. The zero-order valence-electron chi connectivity index (χ0n) is 18.2. The van der Waals surface area contributed by atoms with Crippen LogP contribution >= 0.6 is 11.3 Å².